The Morgan fingerprint density at radius 2 is 1.81 bits per heavy atom. The van der Waals surface area contributed by atoms with Gasteiger partial charge in [-0.3, -0.25) is 4.68 Å². The zero-order valence-electron chi connectivity index (χ0n) is 19.3. The summed E-state index contributed by atoms with van der Waals surface area (Å²) in [5.41, 5.74) is 0.683. The lowest BCUT2D eigenvalue weighted by Crippen LogP contribution is -2.42. The number of rotatable bonds is 5. The third-order valence-electron chi connectivity index (χ3n) is 5.78. The summed E-state index contributed by atoms with van der Waals surface area (Å²) in [5.74, 6) is 0. The Bertz CT molecular complexity index is 946. The predicted octanol–water partition coefficient (Wildman–Crippen LogP) is 2.27. The van der Waals surface area contributed by atoms with Crippen molar-refractivity contribution in [2.75, 3.05) is 32.4 Å². The van der Waals surface area contributed by atoms with Gasteiger partial charge in [-0.2, -0.15) is 10.4 Å². The van der Waals surface area contributed by atoms with Crippen molar-refractivity contribution in [3.8, 4) is 6.07 Å². The van der Waals surface area contributed by atoms with Gasteiger partial charge in [-0.25, -0.2) is 17.5 Å². The first-order valence-electron chi connectivity index (χ1n) is 11.0. The van der Waals surface area contributed by atoms with Crippen LogP contribution in [0.5, 0.6) is 0 Å². The molecule has 178 valence electrons. The predicted molar refractivity (Wildman–Crippen MR) is 117 cm³/mol. The van der Waals surface area contributed by atoms with Crippen LogP contribution in [0.1, 0.15) is 63.8 Å². The zero-order valence-corrected chi connectivity index (χ0v) is 20.1. The molecule has 0 saturated carbocycles. The molecule has 2 fully saturated rings. The second-order valence-electron chi connectivity index (χ2n) is 9.45. The summed E-state index contributed by atoms with van der Waals surface area (Å²) in [4.78, 5) is 14.0. The fraction of sp³-hybridized carbons (Fsp3) is 0.762. The Labute approximate surface area is 190 Å². The molecule has 0 unspecified atom stereocenters. The van der Waals surface area contributed by atoms with Gasteiger partial charge in [0.25, 0.3) is 0 Å². The van der Waals surface area contributed by atoms with Crippen molar-refractivity contribution < 1.29 is 22.7 Å². The number of piperidine rings is 2. The van der Waals surface area contributed by atoms with Crippen molar-refractivity contribution in [3.05, 3.63) is 17.5 Å². The molecule has 2 aliphatic heterocycles. The van der Waals surface area contributed by atoms with Gasteiger partial charge < -0.3 is 14.4 Å². The van der Waals surface area contributed by atoms with E-state index in [9.17, 15) is 18.5 Å². The number of ether oxygens (including phenoxy) is 2. The lowest BCUT2D eigenvalue weighted by atomic mass is 10.1. The molecule has 3 rings (SSSR count). The van der Waals surface area contributed by atoms with E-state index in [0.29, 0.717) is 57.6 Å². The zero-order chi connectivity index (χ0) is 23.5. The maximum Gasteiger partial charge on any atom is 0.410 e. The van der Waals surface area contributed by atoms with E-state index >= 15 is 0 Å². The van der Waals surface area contributed by atoms with Crippen LogP contribution >= 0.6 is 0 Å². The lowest BCUT2D eigenvalue weighted by Gasteiger charge is -2.33. The first-order chi connectivity index (χ1) is 15.0. The lowest BCUT2D eigenvalue weighted by molar-refractivity contribution is 0.0101. The molecule has 0 atom stereocenters. The van der Waals surface area contributed by atoms with E-state index in [1.165, 1.54) is 10.6 Å². The van der Waals surface area contributed by atoms with Crippen LogP contribution in [-0.2, 0) is 26.1 Å². The van der Waals surface area contributed by atoms with E-state index in [-0.39, 0.29) is 24.8 Å². The van der Waals surface area contributed by atoms with Gasteiger partial charge in [-0.1, -0.05) is 0 Å². The van der Waals surface area contributed by atoms with Crippen molar-refractivity contribution in [1.82, 2.24) is 19.0 Å². The highest BCUT2D eigenvalue weighted by atomic mass is 32.2. The molecule has 2 saturated heterocycles. The van der Waals surface area contributed by atoms with Gasteiger partial charge in [0.05, 0.1) is 31.2 Å². The number of likely N-dealkylation sites (tertiary alicyclic amines) is 1. The molecule has 11 heteroatoms. The molecule has 1 amide bonds. The van der Waals surface area contributed by atoms with E-state index in [1.54, 1.807) is 15.8 Å². The van der Waals surface area contributed by atoms with E-state index < -0.39 is 15.6 Å². The van der Waals surface area contributed by atoms with Crippen LogP contribution < -0.4 is 0 Å². The van der Waals surface area contributed by atoms with Crippen LogP contribution in [0, 0.1) is 11.3 Å². The first-order valence-corrected chi connectivity index (χ1v) is 12.8. The van der Waals surface area contributed by atoms with Crippen molar-refractivity contribution in [2.24, 2.45) is 0 Å². The van der Waals surface area contributed by atoms with Gasteiger partial charge in [0.2, 0.25) is 10.0 Å². The van der Waals surface area contributed by atoms with Crippen LogP contribution in [0.4, 0.5) is 4.79 Å². The first kappa shape index (κ1) is 24.5. The Balaban J connectivity index is 1.54. The monoisotopic (exact) mass is 467 g/mol. The van der Waals surface area contributed by atoms with Gasteiger partial charge in [0, 0.05) is 31.7 Å². The van der Waals surface area contributed by atoms with Gasteiger partial charge >= 0.3 is 6.09 Å². The van der Waals surface area contributed by atoms with Crippen LogP contribution in [0.25, 0.3) is 0 Å². The number of aromatic nitrogens is 2. The van der Waals surface area contributed by atoms with Crippen LogP contribution in [0.15, 0.2) is 6.20 Å². The largest absolute Gasteiger partial charge is 0.444 e. The molecule has 0 bridgehead atoms. The SMILES string of the molecule is CC(C)(C)OC(=O)N1CCC(n2ncc(COC3CCN(S(C)(=O)=O)CC3)c2C#N)CC1. The number of sulfonamides is 1. The number of carbonyl (C=O) groups is 1. The molecule has 2 aliphatic rings. The number of amides is 1. The summed E-state index contributed by atoms with van der Waals surface area (Å²) in [6.45, 7) is 7.80. The van der Waals surface area contributed by atoms with E-state index in [0.717, 1.165) is 5.56 Å². The fourth-order valence-electron chi connectivity index (χ4n) is 4.06. The standard InChI is InChI=1S/C21H33N5O5S/c1-21(2,3)31-20(27)24-9-5-17(6-10-24)26-19(13-22)16(14-23-26)15-30-18-7-11-25(12-8-18)32(4,28)29/h14,17-18H,5-12,15H2,1-4H3. The highest BCUT2D eigenvalue weighted by Gasteiger charge is 2.30. The highest BCUT2D eigenvalue weighted by Crippen LogP contribution is 2.26. The van der Waals surface area contributed by atoms with Crippen molar-refractivity contribution >= 4 is 16.1 Å². The molecular formula is C21H33N5O5S. The molecule has 3 heterocycles. The second kappa shape index (κ2) is 9.77. The maximum absolute atomic E-state index is 12.3. The van der Waals surface area contributed by atoms with Crippen molar-refractivity contribution in [3.63, 3.8) is 0 Å². The summed E-state index contributed by atoms with van der Waals surface area (Å²) < 4.78 is 37.9. The summed E-state index contributed by atoms with van der Waals surface area (Å²) in [5, 5.41) is 14.2. The van der Waals surface area contributed by atoms with Gasteiger partial charge in [-0.15, -0.1) is 0 Å². The molecule has 32 heavy (non-hydrogen) atoms. The number of hydrogen-bond acceptors (Lipinski definition) is 7. The number of nitriles is 1. The van der Waals surface area contributed by atoms with Crippen LogP contribution in [-0.4, -0.2) is 77.6 Å². The van der Waals surface area contributed by atoms with Crippen molar-refractivity contribution in [1.29, 1.82) is 5.26 Å². The maximum atomic E-state index is 12.3. The normalized spacial score (nSPS) is 19.7. The molecule has 1 aromatic rings. The van der Waals surface area contributed by atoms with Crippen molar-refractivity contribution in [2.45, 2.75) is 70.8 Å². The molecular weight excluding hydrogens is 434 g/mol. The minimum Gasteiger partial charge on any atom is -0.444 e. The van der Waals surface area contributed by atoms with Crippen LogP contribution in [0.3, 0.4) is 0 Å². The Hall–Kier alpha value is -2.16. The third-order valence-corrected chi connectivity index (χ3v) is 7.09. The Morgan fingerprint density at radius 1 is 1.19 bits per heavy atom. The number of hydrogen-bond donors (Lipinski definition) is 0. The minimum atomic E-state index is -3.17. The Morgan fingerprint density at radius 3 is 2.34 bits per heavy atom. The fourth-order valence-corrected chi connectivity index (χ4v) is 4.94. The molecule has 1 aromatic heterocycles. The molecule has 0 N–H and O–H groups in total. The van der Waals surface area contributed by atoms with E-state index in [2.05, 4.69) is 11.2 Å². The van der Waals surface area contributed by atoms with Crippen LogP contribution in [0.2, 0.25) is 0 Å². The summed E-state index contributed by atoms with van der Waals surface area (Å²) in [6.07, 6.45) is 5.19. The molecule has 0 radical (unpaired) electrons. The third kappa shape index (κ3) is 6.21. The topological polar surface area (TPSA) is 118 Å². The van der Waals surface area contributed by atoms with Gasteiger partial charge in [0.1, 0.15) is 17.4 Å². The Kier molecular flexibility index (Phi) is 7.47. The summed E-state index contributed by atoms with van der Waals surface area (Å²) in [7, 11) is -3.17. The van der Waals surface area contributed by atoms with E-state index in [1.807, 2.05) is 20.8 Å². The number of nitrogens with zero attached hydrogens (tertiary/aromatic N) is 5. The van der Waals surface area contributed by atoms with E-state index in [4.69, 9.17) is 9.47 Å². The van der Waals surface area contributed by atoms with Gasteiger partial charge in [0.15, 0.2) is 0 Å². The second-order valence-corrected chi connectivity index (χ2v) is 11.4. The molecule has 10 nitrogen and oxygen atoms in total. The minimum absolute atomic E-state index is 0.0371. The summed E-state index contributed by atoms with van der Waals surface area (Å²) in [6, 6.07) is 2.29. The number of carbonyl (C=O) groups excluding carboxylic acids is 1. The smallest absolute Gasteiger partial charge is 0.410 e. The highest BCUT2D eigenvalue weighted by molar-refractivity contribution is 7.88. The van der Waals surface area contributed by atoms with Gasteiger partial charge in [-0.05, 0) is 46.5 Å². The quantitative estimate of drug-likeness (QED) is 0.652. The molecule has 0 spiro atoms. The molecule has 0 aliphatic carbocycles. The summed E-state index contributed by atoms with van der Waals surface area (Å²) >= 11 is 0. The molecule has 0 aromatic carbocycles. The average Bonchev–Trinajstić information content (AvgIpc) is 3.13. The average molecular weight is 468 g/mol.